The monoisotopic (exact) mass is 248 g/mol. The van der Waals surface area contributed by atoms with Crippen LogP contribution in [-0.4, -0.2) is 31.7 Å². The van der Waals surface area contributed by atoms with Crippen LogP contribution in [0.3, 0.4) is 0 Å². The van der Waals surface area contributed by atoms with Crippen LogP contribution in [0.2, 0.25) is 0 Å². The molecule has 0 bridgehead atoms. The van der Waals surface area contributed by atoms with Crippen molar-refractivity contribution >= 4 is 5.95 Å². The van der Waals surface area contributed by atoms with Crippen molar-refractivity contribution in [2.24, 2.45) is 0 Å². The fraction of sp³-hybridized carbons (Fsp3) is 0.455. The molecule has 1 aliphatic heterocycles. The number of nitrogens with zero attached hydrogens (tertiary/aromatic N) is 5. The number of anilines is 1. The summed E-state index contributed by atoms with van der Waals surface area (Å²) in [6.45, 7) is 0.844. The summed E-state index contributed by atoms with van der Waals surface area (Å²) in [6.07, 6.45) is 7.04. The van der Waals surface area contributed by atoms with E-state index in [0.717, 1.165) is 31.6 Å². The van der Waals surface area contributed by atoms with Crippen LogP contribution in [0.15, 0.2) is 18.7 Å². The van der Waals surface area contributed by atoms with Crippen LogP contribution in [-0.2, 0) is 0 Å². The third-order valence-corrected chi connectivity index (χ3v) is 3.12. The molecule has 94 valence electrons. The molecule has 1 fully saturated rings. The third-order valence-electron chi connectivity index (χ3n) is 3.12. The molecule has 0 radical (unpaired) electrons. The Balaban J connectivity index is 1.90. The van der Waals surface area contributed by atoms with E-state index in [9.17, 15) is 4.39 Å². The van der Waals surface area contributed by atoms with Gasteiger partial charge in [-0.1, -0.05) is 0 Å². The second-order valence-electron chi connectivity index (χ2n) is 4.28. The predicted molar refractivity (Wildman–Crippen MR) is 62.3 cm³/mol. The minimum absolute atomic E-state index is 0.0895. The molecule has 18 heavy (non-hydrogen) atoms. The third kappa shape index (κ3) is 2.03. The first-order valence-electron chi connectivity index (χ1n) is 5.94. The largest absolute Gasteiger partial charge is 0.331 e. The average Bonchev–Trinajstić information content (AvgIpc) is 2.93. The van der Waals surface area contributed by atoms with Gasteiger partial charge in [-0.2, -0.15) is 5.10 Å². The Morgan fingerprint density at radius 1 is 1.22 bits per heavy atom. The fourth-order valence-corrected chi connectivity index (χ4v) is 2.28. The number of halogens is 1. The molecule has 1 aliphatic rings. The quantitative estimate of drug-likeness (QED) is 0.871. The van der Waals surface area contributed by atoms with E-state index in [1.807, 2.05) is 4.90 Å². The van der Waals surface area contributed by atoms with Crippen LogP contribution < -0.4 is 4.90 Å². The minimum atomic E-state index is -0.424. The summed E-state index contributed by atoms with van der Waals surface area (Å²) >= 11 is 0. The van der Waals surface area contributed by atoms with E-state index in [-0.39, 0.29) is 6.04 Å². The first-order chi connectivity index (χ1) is 8.84. The first-order valence-corrected chi connectivity index (χ1v) is 5.94. The predicted octanol–water partition coefficient (Wildman–Crippen LogP) is 1.47. The Morgan fingerprint density at radius 3 is 2.78 bits per heavy atom. The summed E-state index contributed by atoms with van der Waals surface area (Å²) in [6, 6.07) is 0.0895. The standard InChI is InChI=1S/C11H13FN6/c12-8-5-13-11(14-6-8)18-4-2-1-3-9(18)10-15-7-16-17-10/h5-7,9H,1-4H2,(H,15,16,17). The van der Waals surface area contributed by atoms with Gasteiger partial charge in [0, 0.05) is 6.54 Å². The number of rotatable bonds is 2. The van der Waals surface area contributed by atoms with Crippen molar-refractivity contribution in [3.63, 3.8) is 0 Å². The van der Waals surface area contributed by atoms with Gasteiger partial charge in [-0.25, -0.2) is 19.3 Å². The molecule has 1 saturated heterocycles. The highest BCUT2D eigenvalue weighted by Gasteiger charge is 2.27. The normalized spacial score (nSPS) is 20.1. The van der Waals surface area contributed by atoms with Crippen molar-refractivity contribution in [1.82, 2.24) is 25.1 Å². The number of hydrogen-bond donors (Lipinski definition) is 1. The zero-order valence-corrected chi connectivity index (χ0v) is 9.75. The Kier molecular flexibility index (Phi) is 2.87. The van der Waals surface area contributed by atoms with Gasteiger partial charge in [-0.3, -0.25) is 5.10 Å². The second kappa shape index (κ2) is 4.67. The average molecular weight is 248 g/mol. The van der Waals surface area contributed by atoms with E-state index in [1.54, 1.807) is 0 Å². The Bertz CT molecular complexity index is 497. The number of aromatic amines is 1. The highest BCUT2D eigenvalue weighted by atomic mass is 19.1. The van der Waals surface area contributed by atoms with Crippen molar-refractivity contribution in [1.29, 1.82) is 0 Å². The van der Waals surface area contributed by atoms with Crippen LogP contribution in [0.5, 0.6) is 0 Å². The number of nitrogens with one attached hydrogen (secondary N) is 1. The topological polar surface area (TPSA) is 70.6 Å². The molecule has 0 amide bonds. The van der Waals surface area contributed by atoms with Crippen molar-refractivity contribution < 1.29 is 4.39 Å². The molecule has 3 rings (SSSR count). The van der Waals surface area contributed by atoms with Crippen molar-refractivity contribution in [3.8, 4) is 0 Å². The molecule has 0 aliphatic carbocycles. The van der Waals surface area contributed by atoms with Gasteiger partial charge < -0.3 is 4.90 Å². The van der Waals surface area contributed by atoms with Gasteiger partial charge in [-0.05, 0) is 19.3 Å². The zero-order chi connectivity index (χ0) is 12.4. The van der Waals surface area contributed by atoms with Crippen molar-refractivity contribution in [2.75, 3.05) is 11.4 Å². The Labute approximate surface area is 103 Å². The summed E-state index contributed by atoms with van der Waals surface area (Å²) in [5, 5.41) is 6.76. The molecule has 1 atom stereocenters. The smallest absolute Gasteiger partial charge is 0.226 e. The molecule has 2 aromatic heterocycles. The Hall–Kier alpha value is -2.05. The summed E-state index contributed by atoms with van der Waals surface area (Å²) in [5.74, 6) is 0.923. The van der Waals surface area contributed by atoms with Crippen molar-refractivity contribution in [3.05, 3.63) is 30.4 Å². The second-order valence-corrected chi connectivity index (χ2v) is 4.28. The Morgan fingerprint density at radius 2 is 2.06 bits per heavy atom. The highest BCUT2D eigenvalue weighted by Crippen LogP contribution is 2.30. The lowest BCUT2D eigenvalue weighted by atomic mass is 10.0. The van der Waals surface area contributed by atoms with E-state index < -0.39 is 5.82 Å². The van der Waals surface area contributed by atoms with Gasteiger partial charge in [0.25, 0.3) is 0 Å². The van der Waals surface area contributed by atoms with Crippen LogP contribution >= 0.6 is 0 Å². The summed E-state index contributed by atoms with van der Waals surface area (Å²) in [5.41, 5.74) is 0. The van der Waals surface area contributed by atoms with Gasteiger partial charge in [-0.15, -0.1) is 0 Å². The fourth-order valence-electron chi connectivity index (χ4n) is 2.28. The molecule has 0 spiro atoms. The molecule has 1 N–H and O–H groups in total. The maximum atomic E-state index is 12.9. The zero-order valence-electron chi connectivity index (χ0n) is 9.75. The molecule has 6 nitrogen and oxygen atoms in total. The minimum Gasteiger partial charge on any atom is -0.331 e. The van der Waals surface area contributed by atoms with Gasteiger partial charge in [0.05, 0.1) is 18.4 Å². The van der Waals surface area contributed by atoms with Crippen LogP contribution in [0, 0.1) is 5.82 Å². The first kappa shape index (κ1) is 11.1. The lowest BCUT2D eigenvalue weighted by Crippen LogP contribution is -2.35. The van der Waals surface area contributed by atoms with Crippen LogP contribution in [0.25, 0.3) is 0 Å². The molecule has 1 unspecified atom stereocenters. The molecule has 2 aromatic rings. The lowest BCUT2D eigenvalue weighted by Gasteiger charge is -2.34. The van der Waals surface area contributed by atoms with E-state index in [1.165, 1.54) is 18.7 Å². The van der Waals surface area contributed by atoms with Gasteiger partial charge in [0.1, 0.15) is 12.2 Å². The lowest BCUT2D eigenvalue weighted by molar-refractivity contribution is 0.449. The summed E-state index contributed by atoms with van der Waals surface area (Å²) < 4.78 is 12.9. The van der Waals surface area contributed by atoms with Gasteiger partial charge in [0.15, 0.2) is 5.82 Å². The maximum Gasteiger partial charge on any atom is 0.226 e. The molecule has 0 saturated carbocycles. The van der Waals surface area contributed by atoms with Crippen LogP contribution in [0.1, 0.15) is 31.1 Å². The maximum absolute atomic E-state index is 12.9. The summed E-state index contributed by atoms with van der Waals surface area (Å²) in [7, 11) is 0. The van der Waals surface area contributed by atoms with Gasteiger partial charge in [0.2, 0.25) is 5.95 Å². The van der Waals surface area contributed by atoms with E-state index in [4.69, 9.17) is 0 Å². The molecule has 0 aromatic carbocycles. The van der Waals surface area contributed by atoms with E-state index >= 15 is 0 Å². The molecular formula is C11H13FN6. The van der Waals surface area contributed by atoms with Gasteiger partial charge >= 0.3 is 0 Å². The van der Waals surface area contributed by atoms with Crippen molar-refractivity contribution in [2.45, 2.75) is 25.3 Å². The SMILES string of the molecule is Fc1cnc(N2CCCCC2c2ncn[nH]2)nc1. The molecule has 3 heterocycles. The number of piperidine rings is 1. The highest BCUT2D eigenvalue weighted by molar-refractivity contribution is 5.33. The van der Waals surface area contributed by atoms with E-state index in [0.29, 0.717) is 5.95 Å². The molecular weight excluding hydrogens is 235 g/mol. The van der Waals surface area contributed by atoms with Crippen LogP contribution in [0.4, 0.5) is 10.3 Å². The summed E-state index contributed by atoms with van der Waals surface area (Å²) in [4.78, 5) is 14.3. The number of aromatic nitrogens is 5. The van der Waals surface area contributed by atoms with E-state index in [2.05, 4.69) is 25.1 Å². The number of H-pyrrole nitrogens is 1. The number of hydrogen-bond acceptors (Lipinski definition) is 5. The molecule has 7 heteroatoms.